The van der Waals surface area contributed by atoms with Gasteiger partial charge in [0.1, 0.15) is 0 Å². The molecular weight excluding hydrogens is 400 g/mol. The van der Waals surface area contributed by atoms with Gasteiger partial charge in [-0.05, 0) is 50.1 Å². The van der Waals surface area contributed by atoms with Crippen LogP contribution in [0.3, 0.4) is 0 Å². The maximum Gasteiger partial charge on any atom is 0.315 e. The van der Waals surface area contributed by atoms with Gasteiger partial charge in [-0.25, -0.2) is 0 Å². The molecule has 0 aliphatic carbocycles. The number of nitrogens with one attached hydrogen (secondary N) is 1. The number of rotatable bonds is 5. The van der Waals surface area contributed by atoms with E-state index in [1.165, 1.54) is 31.6 Å². The number of hydrogen-bond donors (Lipinski definition) is 1. The molecule has 2 aromatic rings. The molecule has 1 N–H and O–H groups in total. The number of benzene rings is 1. The van der Waals surface area contributed by atoms with Gasteiger partial charge in [-0.3, -0.25) is 14.5 Å². The Morgan fingerprint density at radius 3 is 2.73 bits per heavy atom. The third kappa shape index (κ3) is 5.08. The fourth-order valence-electron chi connectivity index (χ4n) is 3.98. The smallest absolute Gasteiger partial charge is 0.315 e. The summed E-state index contributed by atoms with van der Waals surface area (Å²) in [5.41, 5.74) is 4.44. The first-order valence-electron chi connectivity index (χ1n) is 10.2. The number of allylic oxidation sites excluding steroid dienone is 1. The molecule has 1 aromatic heterocycles. The van der Waals surface area contributed by atoms with Crippen LogP contribution in [0, 0.1) is 0 Å². The molecule has 3 rings (SSSR count). The number of methoxy groups -OCH3 is 2. The van der Waals surface area contributed by atoms with Crippen molar-refractivity contribution >= 4 is 34.6 Å². The van der Waals surface area contributed by atoms with Crippen molar-refractivity contribution in [2.24, 2.45) is 0 Å². The summed E-state index contributed by atoms with van der Waals surface area (Å²) in [6.07, 6.45) is 4.82. The summed E-state index contributed by atoms with van der Waals surface area (Å²) in [6.45, 7) is 3.80. The summed E-state index contributed by atoms with van der Waals surface area (Å²) in [5.74, 6) is -0.520. The number of carbonyl (C=O) groups excluding carboxylic acids is 2. The van der Waals surface area contributed by atoms with E-state index >= 15 is 0 Å². The Morgan fingerprint density at radius 1 is 1.23 bits per heavy atom. The topological polar surface area (TPSA) is 71.6 Å². The van der Waals surface area contributed by atoms with Crippen molar-refractivity contribution < 1.29 is 19.1 Å². The highest BCUT2D eigenvalue weighted by Crippen LogP contribution is 2.35. The minimum atomic E-state index is -0.329. The van der Waals surface area contributed by atoms with E-state index in [9.17, 15) is 9.59 Å². The van der Waals surface area contributed by atoms with Gasteiger partial charge in [-0.1, -0.05) is 18.6 Å². The number of likely N-dealkylation sites (N-methyl/N-ethyl adjacent to an activating group) is 1. The average Bonchev–Trinajstić information content (AvgIpc) is 3.10. The molecule has 1 unspecified atom stereocenters. The van der Waals surface area contributed by atoms with E-state index in [-0.39, 0.29) is 23.6 Å². The van der Waals surface area contributed by atoms with Gasteiger partial charge in [0.05, 0.1) is 25.9 Å². The first kappa shape index (κ1) is 22.4. The molecule has 6 nitrogen and oxygen atoms in total. The molecule has 30 heavy (non-hydrogen) atoms. The second kappa shape index (κ2) is 10.2. The minimum absolute atomic E-state index is 0.210. The van der Waals surface area contributed by atoms with Crippen LogP contribution in [0.25, 0.3) is 10.9 Å². The maximum absolute atomic E-state index is 12.6. The molecule has 1 aromatic carbocycles. The monoisotopic (exact) mass is 430 g/mol. The molecule has 0 saturated heterocycles. The first-order valence-corrected chi connectivity index (χ1v) is 11.2. The number of thioether (sulfide) groups is 1. The molecule has 0 saturated carbocycles. The number of carbonyl (C=O) groups is 2. The van der Waals surface area contributed by atoms with Gasteiger partial charge >= 0.3 is 11.9 Å². The Hall–Kier alpha value is -2.25. The molecule has 0 bridgehead atoms. The molecule has 7 heteroatoms. The molecule has 0 spiro atoms. The van der Waals surface area contributed by atoms with Gasteiger partial charge in [-0.2, -0.15) is 0 Å². The van der Waals surface area contributed by atoms with E-state index in [2.05, 4.69) is 36.0 Å². The predicted molar refractivity (Wildman–Crippen MR) is 120 cm³/mol. The zero-order valence-corrected chi connectivity index (χ0v) is 18.9. The highest BCUT2D eigenvalue weighted by molar-refractivity contribution is 8.00. The van der Waals surface area contributed by atoms with Gasteiger partial charge < -0.3 is 14.5 Å². The summed E-state index contributed by atoms with van der Waals surface area (Å²) >= 11 is 1.45. The summed E-state index contributed by atoms with van der Waals surface area (Å²) in [4.78, 5) is 31.0. The molecule has 0 fully saturated rings. The van der Waals surface area contributed by atoms with Crippen LogP contribution >= 0.6 is 11.8 Å². The van der Waals surface area contributed by atoms with Gasteiger partial charge in [-0.15, -0.1) is 11.8 Å². The lowest BCUT2D eigenvalue weighted by Crippen LogP contribution is -2.24. The average molecular weight is 431 g/mol. The molecular formula is C23H30N2O4S. The van der Waals surface area contributed by atoms with Gasteiger partial charge in [0, 0.05) is 34.6 Å². The number of fused-ring (bicyclic) bond motifs is 3. The zero-order valence-electron chi connectivity index (χ0n) is 18.1. The van der Waals surface area contributed by atoms with Crippen molar-refractivity contribution in [1.29, 1.82) is 0 Å². The number of H-pyrrole nitrogens is 1. The van der Waals surface area contributed by atoms with Gasteiger partial charge in [0.2, 0.25) is 0 Å². The van der Waals surface area contributed by atoms with Crippen molar-refractivity contribution in [1.82, 2.24) is 9.88 Å². The largest absolute Gasteiger partial charge is 0.469 e. The fraction of sp³-hybridized carbons (Fsp3) is 0.478. The number of aromatic nitrogens is 1. The molecule has 0 radical (unpaired) electrons. The van der Waals surface area contributed by atoms with E-state index in [0.29, 0.717) is 6.42 Å². The number of hydrogen-bond acceptors (Lipinski definition) is 6. The van der Waals surface area contributed by atoms with Crippen LogP contribution in [0.2, 0.25) is 0 Å². The second-order valence-electron chi connectivity index (χ2n) is 7.63. The molecule has 1 aliphatic rings. The van der Waals surface area contributed by atoms with E-state index < -0.39 is 0 Å². The van der Waals surface area contributed by atoms with E-state index in [0.717, 1.165) is 53.0 Å². The summed E-state index contributed by atoms with van der Waals surface area (Å²) < 4.78 is 9.89. The summed E-state index contributed by atoms with van der Waals surface area (Å²) in [6, 6.07) is 6.11. The second-order valence-corrected chi connectivity index (χ2v) is 8.68. The highest BCUT2D eigenvalue weighted by atomic mass is 32.2. The molecule has 2 heterocycles. The number of esters is 2. The zero-order chi connectivity index (χ0) is 21.7. The number of ether oxygens (including phenoxy) is 2. The Bertz CT molecular complexity index is 950. The lowest BCUT2D eigenvalue weighted by atomic mass is 9.93. The number of aromatic amines is 1. The van der Waals surface area contributed by atoms with Crippen molar-refractivity contribution in [2.75, 3.05) is 33.6 Å². The Balaban J connectivity index is 2.05. The van der Waals surface area contributed by atoms with Crippen molar-refractivity contribution in [3.05, 3.63) is 41.1 Å². The van der Waals surface area contributed by atoms with Crippen LogP contribution in [0.4, 0.5) is 0 Å². The highest BCUT2D eigenvalue weighted by Gasteiger charge is 2.28. The fourth-order valence-corrected chi connectivity index (χ4v) is 4.74. The Labute approximate surface area is 182 Å². The van der Waals surface area contributed by atoms with Crippen LogP contribution in [0.15, 0.2) is 34.7 Å². The van der Waals surface area contributed by atoms with E-state index in [4.69, 9.17) is 9.47 Å². The molecule has 162 valence electrons. The maximum atomic E-state index is 12.6. The lowest BCUT2D eigenvalue weighted by molar-refractivity contribution is -0.142. The normalized spacial score (nSPS) is 19.6. The third-order valence-electron chi connectivity index (χ3n) is 5.57. The summed E-state index contributed by atoms with van der Waals surface area (Å²) in [7, 11) is 4.95. The Kier molecular flexibility index (Phi) is 7.61. The van der Waals surface area contributed by atoms with Crippen LogP contribution in [-0.2, 0) is 25.6 Å². The predicted octanol–water partition coefficient (Wildman–Crippen LogP) is 4.25. The van der Waals surface area contributed by atoms with E-state index in [1.54, 1.807) is 0 Å². The van der Waals surface area contributed by atoms with E-state index in [1.807, 2.05) is 12.1 Å². The van der Waals surface area contributed by atoms with Gasteiger partial charge in [0.25, 0.3) is 0 Å². The number of nitrogens with zero attached hydrogens (tertiary/aromatic N) is 1. The van der Waals surface area contributed by atoms with Crippen molar-refractivity contribution in [2.45, 2.75) is 43.5 Å². The Morgan fingerprint density at radius 2 is 2.03 bits per heavy atom. The SMILES string of the molecule is CC/C1=C/CCC(C(=O)OC)c2[nH]c3ccc(SCC(=O)OC)cc3c2CN(C)C1. The van der Waals surface area contributed by atoms with Crippen LogP contribution in [-0.4, -0.2) is 55.4 Å². The van der Waals surface area contributed by atoms with Crippen molar-refractivity contribution in [3.8, 4) is 0 Å². The molecule has 0 amide bonds. The van der Waals surface area contributed by atoms with Crippen molar-refractivity contribution in [3.63, 3.8) is 0 Å². The van der Waals surface area contributed by atoms with Crippen LogP contribution in [0.1, 0.15) is 43.4 Å². The lowest BCUT2D eigenvalue weighted by Gasteiger charge is -2.23. The van der Waals surface area contributed by atoms with Crippen LogP contribution in [0.5, 0.6) is 0 Å². The van der Waals surface area contributed by atoms with Crippen LogP contribution < -0.4 is 0 Å². The molecule has 1 atom stereocenters. The first-order chi connectivity index (χ1) is 14.5. The molecule has 1 aliphatic heterocycles. The third-order valence-corrected chi connectivity index (χ3v) is 6.54. The summed E-state index contributed by atoms with van der Waals surface area (Å²) in [5, 5.41) is 1.09. The standard InChI is InChI=1S/C23H30N2O4S/c1-5-15-7-6-8-17(23(27)29-4)22-19(13-25(2)12-15)18-11-16(9-10-20(18)24-22)30-14-21(26)28-3/h7,9-11,17,24H,5-6,8,12-14H2,1-4H3/b15-7-. The minimum Gasteiger partial charge on any atom is -0.469 e. The van der Waals surface area contributed by atoms with Gasteiger partial charge in [0.15, 0.2) is 0 Å². The quantitative estimate of drug-likeness (QED) is 0.434.